The molecule has 1 unspecified atom stereocenters. The quantitative estimate of drug-likeness (QED) is 0.533. The third kappa shape index (κ3) is 7.02. The molecule has 0 aliphatic carbocycles. The van der Waals surface area contributed by atoms with E-state index in [2.05, 4.69) is 58.3 Å². The zero-order valence-corrected chi connectivity index (χ0v) is 22.1. The standard InChI is InChI=1S/C27H38N6O2.ClH/c1-19(2)14-24(26(34)31-17-22-16-29-11-12-30-22)32-13-10-23(9-8-20-6-4-3-5-7-20)33-18-21(28)15-25(33)27(32)35;/h3-7,11-12,16,19,21,23-25H,8-10,13-15,17-18,28H2,1-2H3,(H,31,34);1H/t21-,23?,24-,25+;/m1./s1. The number of halogens is 1. The van der Waals surface area contributed by atoms with Crippen molar-refractivity contribution >= 4 is 24.2 Å². The number of amides is 2. The highest BCUT2D eigenvalue weighted by molar-refractivity contribution is 5.90. The topological polar surface area (TPSA) is 104 Å². The number of nitrogens with two attached hydrogens (primary N) is 1. The molecule has 196 valence electrons. The van der Waals surface area contributed by atoms with Gasteiger partial charge in [-0.3, -0.25) is 24.5 Å². The normalized spacial score (nSPS) is 23.1. The van der Waals surface area contributed by atoms with Gasteiger partial charge >= 0.3 is 0 Å². The van der Waals surface area contributed by atoms with Gasteiger partial charge in [0.25, 0.3) is 0 Å². The van der Waals surface area contributed by atoms with Crippen molar-refractivity contribution in [2.75, 3.05) is 13.1 Å². The van der Waals surface area contributed by atoms with E-state index in [4.69, 9.17) is 5.73 Å². The minimum atomic E-state index is -0.509. The summed E-state index contributed by atoms with van der Waals surface area (Å²) in [5, 5.41) is 3.00. The summed E-state index contributed by atoms with van der Waals surface area (Å²) in [6.45, 7) is 5.79. The number of aromatic nitrogens is 2. The second-order valence-corrected chi connectivity index (χ2v) is 10.3. The number of nitrogens with one attached hydrogen (secondary N) is 1. The van der Waals surface area contributed by atoms with Crippen LogP contribution in [0, 0.1) is 5.92 Å². The van der Waals surface area contributed by atoms with Crippen LogP contribution in [0.3, 0.4) is 0 Å². The average molecular weight is 515 g/mol. The predicted molar refractivity (Wildman–Crippen MR) is 142 cm³/mol. The second-order valence-electron chi connectivity index (χ2n) is 10.3. The first-order chi connectivity index (χ1) is 16.9. The molecule has 0 saturated carbocycles. The van der Waals surface area contributed by atoms with Crippen molar-refractivity contribution in [1.82, 2.24) is 25.1 Å². The third-order valence-electron chi connectivity index (χ3n) is 7.16. The van der Waals surface area contributed by atoms with Gasteiger partial charge in [0.05, 0.1) is 24.5 Å². The van der Waals surface area contributed by atoms with Crippen LogP contribution in [0.25, 0.3) is 0 Å². The number of fused-ring (bicyclic) bond motifs is 1. The highest BCUT2D eigenvalue weighted by Gasteiger charge is 2.45. The third-order valence-corrected chi connectivity index (χ3v) is 7.16. The maximum absolute atomic E-state index is 13.8. The number of carbonyl (C=O) groups is 2. The summed E-state index contributed by atoms with van der Waals surface area (Å²) >= 11 is 0. The number of rotatable bonds is 9. The van der Waals surface area contributed by atoms with Crippen molar-refractivity contribution in [2.45, 2.75) is 76.7 Å². The van der Waals surface area contributed by atoms with Crippen LogP contribution in [0.2, 0.25) is 0 Å². The molecule has 2 aliphatic rings. The SMILES string of the molecule is CC(C)C[C@H](C(=O)NCc1cnccn1)N1CCC(CCc2ccccc2)N2C[C@H](N)C[C@H]2C1=O.Cl. The Kier molecular flexibility index (Phi) is 10.2. The Labute approximate surface area is 220 Å². The van der Waals surface area contributed by atoms with Crippen molar-refractivity contribution in [2.24, 2.45) is 11.7 Å². The van der Waals surface area contributed by atoms with Crippen LogP contribution >= 0.6 is 12.4 Å². The lowest BCUT2D eigenvalue weighted by molar-refractivity contribution is -0.143. The van der Waals surface area contributed by atoms with Crippen LogP contribution in [0.5, 0.6) is 0 Å². The van der Waals surface area contributed by atoms with Crippen LogP contribution in [0.4, 0.5) is 0 Å². The van der Waals surface area contributed by atoms with Crippen molar-refractivity contribution in [3.8, 4) is 0 Å². The molecule has 0 spiro atoms. The molecule has 36 heavy (non-hydrogen) atoms. The summed E-state index contributed by atoms with van der Waals surface area (Å²) in [5.41, 5.74) is 8.35. The summed E-state index contributed by atoms with van der Waals surface area (Å²) in [4.78, 5) is 39.7. The molecule has 9 heteroatoms. The summed E-state index contributed by atoms with van der Waals surface area (Å²) < 4.78 is 0. The highest BCUT2D eigenvalue weighted by atomic mass is 35.5. The molecule has 2 aliphatic heterocycles. The first-order valence-electron chi connectivity index (χ1n) is 12.8. The summed E-state index contributed by atoms with van der Waals surface area (Å²) in [5.74, 6) is 0.184. The lowest BCUT2D eigenvalue weighted by Gasteiger charge is -2.33. The average Bonchev–Trinajstić information content (AvgIpc) is 3.20. The lowest BCUT2D eigenvalue weighted by atomic mass is 9.99. The van der Waals surface area contributed by atoms with E-state index in [0.717, 1.165) is 25.8 Å². The maximum Gasteiger partial charge on any atom is 0.243 e. The van der Waals surface area contributed by atoms with E-state index in [1.54, 1.807) is 18.6 Å². The highest BCUT2D eigenvalue weighted by Crippen LogP contribution is 2.30. The van der Waals surface area contributed by atoms with Gasteiger partial charge in [-0.1, -0.05) is 44.2 Å². The molecule has 8 nitrogen and oxygen atoms in total. The number of hydrogen-bond donors (Lipinski definition) is 2. The minimum Gasteiger partial charge on any atom is -0.349 e. The van der Waals surface area contributed by atoms with E-state index >= 15 is 0 Å². The molecule has 2 amide bonds. The van der Waals surface area contributed by atoms with E-state index in [-0.39, 0.29) is 48.3 Å². The number of aryl methyl sites for hydroxylation is 1. The first-order valence-corrected chi connectivity index (χ1v) is 12.8. The molecule has 1 aromatic heterocycles. The Balaban J connectivity index is 0.00000361. The second kappa shape index (κ2) is 13.1. The summed E-state index contributed by atoms with van der Waals surface area (Å²) in [6.07, 6.45) is 8.90. The van der Waals surface area contributed by atoms with E-state index in [0.29, 0.717) is 31.6 Å². The van der Waals surface area contributed by atoms with Gasteiger partial charge in [-0.05, 0) is 43.6 Å². The molecule has 4 atom stereocenters. The van der Waals surface area contributed by atoms with E-state index in [9.17, 15) is 9.59 Å². The zero-order chi connectivity index (χ0) is 24.8. The van der Waals surface area contributed by atoms with Crippen LogP contribution in [0.1, 0.15) is 50.8 Å². The summed E-state index contributed by atoms with van der Waals surface area (Å²) in [7, 11) is 0. The Bertz CT molecular complexity index is 977. The molecule has 2 saturated heterocycles. The summed E-state index contributed by atoms with van der Waals surface area (Å²) in [6, 6.07) is 9.97. The van der Waals surface area contributed by atoms with Gasteiger partial charge in [0.1, 0.15) is 6.04 Å². The van der Waals surface area contributed by atoms with E-state index in [1.165, 1.54) is 5.56 Å². The molecular formula is C27H39ClN6O2. The number of benzene rings is 1. The Hall–Kier alpha value is -2.55. The molecule has 0 radical (unpaired) electrons. The minimum absolute atomic E-state index is 0. The molecule has 1 aromatic carbocycles. The molecule has 2 aromatic rings. The molecule has 3 heterocycles. The van der Waals surface area contributed by atoms with Crippen LogP contribution in [-0.2, 0) is 22.6 Å². The monoisotopic (exact) mass is 514 g/mol. The Morgan fingerprint density at radius 3 is 2.69 bits per heavy atom. The van der Waals surface area contributed by atoms with Gasteiger partial charge in [-0.2, -0.15) is 0 Å². The fourth-order valence-electron chi connectivity index (χ4n) is 5.43. The first kappa shape index (κ1) is 28.0. The molecular weight excluding hydrogens is 476 g/mol. The zero-order valence-electron chi connectivity index (χ0n) is 21.3. The smallest absolute Gasteiger partial charge is 0.243 e. The largest absolute Gasteiger partial charge is 0.349 e. The van der Waals surface area contributed by atoms with Gasteiger partial charge in [-0.15, -0.1) is 12.4 Å². The van der Waals surface area contributed by atoms with Gasteiger partial charge in [0.15, 0.2) is 0 Å². The van der Waals surface area contributed by atoms with Gasteiger partial charge in [0, 0.05) is 37.6 Å². The molecule has 2 fully saturated rings. The molecule has 3 N–H and O–H groups in total. The number of nitrogens with zero attached hydrogens (tertiary/aromatic N) is 4. The fourth-order valence-corrected chi connectivity index (χ4v) is 5.43. The Morgan fingerprint density at radius 1 is 1.22 bits per heavy atom. The van der Waals surface area contributed by atoms with Crippen molar-refractivity contribution in [3.05, 3.63) is 60.2 Å². The molecule has 4 rings (SSSR count). The van der Waals surface area contributed by atoms with Gasteiger partial charge in [-0.25, -0.2) is 0 Å². The van der Waals surface area contributed by atoms with Crippen molar-refractivity contribution in [1.29, 1.82) is 0 Å². The van der Waals surface area contributed by atoms with E-state index in [1.807, 2.05) is 11.0 Å². The van der Waals surface area contributed by atoms with Crippen LogP contribution in [-0.4, -0.2) is 68.8 Å². The van der Waals surface area contributed by atoms with Gasteiger partial charge < -0.3 is 16.0 Å². The molecule has 0 bridgehead atoms. The maximum atomic E-state index is 13.8. The number of carbonyl (C=O) groups excluding carboxylic acids is 2. The van der Waals surface area contributed by atoms with Crippen LogP contribution in [0.15, 0.2) is 48.9 Å². The van der Waals surface area contributed by atoms with Gasteiger partial charge in [0.2, 0.25) is 11.8 Å². The van der Waals surface area contributed by atoms with E-state index < -0.39 is 6.04 Å². The van der Waals surface area contributed by atoms with Crippen molar-refractivity contribution in [3.63, 3.8) is 0 Å². The number of hydrogen-bond acceptors (Lipinski definition) is 6. The van der Waals surface area contributed by atoms with Crippen LogP contribution < -0.4 is 11.1 Å². The Morgan fingerprint density at radius 2 is 2.00 bits per heavy atom. The lowest BCUT2D eigenvalue weighted by Crippen LogP contribution is -2.53. The van der Waals surface area contributed by atoms with Crippen molar-refractivity contribution < 1.29 is 9.59 Å². The fraction of sp³-hybridized carbons (Fsp3) is 0.556. The predicted octanol–water partition coefficient (Wildman–Crippen LogP) is 2.56.